The van der Waals surface area contributed by atoms with Gasteiger partial charge in [-0.1, -0.05) is 27.7 Å². The average Bonchev–Trinajstić information content (AvgIpc) is 3.45. The monoisotopic (exact) mass is 895 g/mol. The largest absolute Gasteiger partial charge is 0.444 e. The van der Waals surface area contributed by atoms with Gasteiger partial charge in [-0.15, -0.1) is 23.5 Å². The van der Waals surface area contributed by atoms with Crippen molar-refractivity contribution in [1.29, 1.82) is 0 Å². The Hall–Kier alpha value is -3.74. The van der Waals surface area contributed by atoms with E-state index in [1.165, 1.54) is 23.9 Å². The SMILES string of the molecule is C[C@@H](C(=O)N[C@H]1CCS[C@H]2CC(C)(C)[C@@H](C(=O)CCNC(=O)[C@H]3N4C(=O)[C@@H](NC(=O)[C@H](C)N(C)C(=O)OC(C)(C)C)CCS[C@H]4CC3(C)C)N2C1=O)N(C)C(=O)OC(C)(C)C. The molecule has 0 radical (unpaired) electrons. The second-order valence-electron chi connectivity index (χ2n) is 20.1. The summed E-state index contributed by atoms with van der Waals surface area (Å²) in [5, 5.41) is 7.98. The Morgan fingerprint density at radius 1 is 0.705 bits per heavy atom. The van der Waals surface area contributed by atoms with E-state index in [1.54, 1.807) is 88.7 Å². The van der Waals surface area contributed by atoms with E-state index >= 15 is 0 Å². The highest BCUT2D eigenvalue weighted by molar-refractivity contribution is 8.00. The number of amides is 7. The number of Topliss-reactive ketones (excluding diaryl/α,β-unsaturated/α-hetero) is 1. The molecule has 0 aromatic heterocycles. The maximum Gasteiger partial charge on any atom is 0.410 e. The third-order valence-electron chi connectivity index (χ3n) is 11.7. The third-order valence-corrected chi connectivity index (χ3v) is 14.2. The molecule has 0 aromatic carbocycles. The number of ketones is 1. The molecule has 4 aliphatic heterocycles. The zero-order valence-corrected chi connectivity index (χ0v) is 40.1. The number of hydrogen-bond donors (Lipinski definition) is 3. The van der Waals surface area contributed by atoms with E-state index in [9.17, 15) is 38.4 Å². The summed E-state index contributed by atoms with van der Waals surface area (Å²) in [5.74, 6) is -1.33. The maximum atomic E-state index is 14.2. The van der Waals surface area contributed by atoms with Crippen LogP contribution in [0, 0.1) is 10.8 Å². The van der Waals surface area contributed by atoms with Gasteiger partial charge in [0.15, 0.2) is 5.78 Å². The Kier molecular flexibility index (Phi) is 15.5. The van der Waals surface area contributed by atoms with Crippen molar-refractivity contribution in [3.8, 4) is 0 Å². The van der Waals surface area contributed by atoms with Gasteiger partial charge in [0.25, 0.3) is 0 Å². The van der Waals surface area contributed by atoms with E-state index in [0.29, 0.717) is 37.2 Å². The van der Waals surface area contributed by atoms with E-state index in [0.717, 1.165) is 0 Å². The molecule has 0 aromatic rings. The van der Waals surface area contributed by atoms with Crippen molar-refractivity contribution in [3.63, 3.8) is 0 Å². The molecule has 19 heteroatoms. The Bertz CT molecular complexity index is 1610. The standard InChI is InChI=1S/C42H69N7O10S2/c1-23(46(13)37(56)58-39(3,4)5)32(51)44-25-16-19-60-28-21-41(9,10)30(48(28)35(25)54)27(50)15-18-43-34(53)31-42(11,12)22-29-49(31)36(55)26(17-20-61-29)45-33(52)24(2)47(14)38(57)59-40(6,7)8/h23-26,28-31H,15-22H2,1-14H3,(H,43,53)(H,44,51)(H,45,52)/t23-,24-,25-,26-,28-,29-,30+,31+/m0/s1. The van der Waals surface area contributed by atoms with Crippen LogP contribution in [0.25, 0.3) is 0 Å². The predicted octanol–water partition coefficient (Wildman–Crippen LogP) is 3.72. The van der Waals surface area contributed by atoms with Crippen LogP contribution in [-0.4, -0.2) is 157 Å². The Balaban J connectivity index is 1.42. The van der Waals surface area contributed by atoms with Crippen LogP contribution in [0.3, 0.4) is 0 Å². The van der Waals surface area contributed by atoms with Crippen molar-refractivity contribution >= 4 is 71.0 Å². The van der Waals surface area contributed by atoms with Crippen molar-refractivity contribution < 1.29 is 47.8 Å². The van der Waals surface area contributed by atoms with Gasteiger partial charge in [0.1, 0.15) is 41.4 Å². The highest BCUT2D eigenvalue weighted by atomic mass is 32.2. The maximum absolute atomic E-state index is 14.2. The molecule has 3 N–H and O–H groups in total. The predicted molar refractivity (Wildman–Crippen MR) is 233 cm³/mol. The van der Waals surface area contributed by atoms with Crippen LogP contribution in [0.15, 0.2) is 0 Å². The number of thioether (sulfide) groups is 2. The molecule has 8 atom stereocenters. The zero-order valence-electron chi connectivity index (χ0n) is 38.5. The minimum absolute atomic E-state index is 0.0279. The Labute approximate surface area is 369 Å². The molecule has 17 nitrogen and oxygen atoms in total. The molecule has 0 aliphatic carbocycles. The zero-order chi connectivity index (χ0) is 46.2. The molecule has 0 spiro atoms. The van der Waals surface area contributed by atoms with Crippen LogP contribution in [0.2, 0.25) is 0 Å². The highest BCUT2D eigenvalue weighted by Gasteiger charge is 2.56. The molecule has 0 bridgehead atoms. The molecule has 4 fully saturated rings. The minimum atomic E-state index is -0.935. The fourth-order valence-electron chi connectivity index (χ4n) is 8.28. The summed E-state index contributed by atoms with van der Waals surface area (Å²) < 4.78 is 10.8. The Morgan fingerprint density at radius 3 is 1.48 bits per heavy atom. The number of nitrogens with one attached hydrogen (secondary N) is 3. The first-order valence-electron chi connectivity index (χ1n) is 21.2. The summed E-state index contributed by atoms with van der Waals surface area (Å²) in [7, 11) is 2.92. The van der Waals surface area contributed by atoms with Gasteiger partial charge in [0.2, 0.25) is 29.5 Å². The minimum Gasteiger partial charge on any atom is -0.444 e. The lowest BCUT2D eigenvalue weighted by Gasteiger charge is -2.35. The van der Waals surface area contributed by atoms with E-state index in [-0.39, 0.29) is 41.3 Å². The quantitative estimate of drug-likeness (QED) is 0.272. The summed E-state index contributed by atoms with van der Waals surface area (Å²) in [5.41, 5.74) is -2.74. The first-order chi connectivity index (χ1) is 28.0. The molecule has 4 saturated heterocycles. The van der Waals surface area contributed by atoms with Crippen LogP contribution >= 0.6 is 23.5 Å². The number of hydrogen-bond acceptors (Lipinski definition) is 12. The van der Waals surface area contributed by atoms with Gasteiger partial charge < -0.3 is 35.2 Å². The smallest absolute Gasteiger partial charge is 0.410 e. The van der Waals surface area contributed by atoms with E-state index in [4.69, 9.17) is 9.47 Å². The first-order valence-corrected chi connectivity index (χ1v) is 23.3. The molecular weight excluding hydrogens is 827 g/mol. The number of rotatable bonds is 11. The lowest BCUT2D eigenvalue weighted by atomic mass is 9.81. The summed E-state index contributed by atoms with van der Waals surface area (Å²) in [6.07, 6.45) is 0.371. The molecule has 4 heterocycles. The van der Waals surface area contributed by atoms with Crippen molar-refractivity contribution in [3.05, 3.63) is 0 Å². The second kappa shape index (κ2) is 18.9. The van der Waals surface area contributed by atoms with E-state index in [2.05, 4.69) is 16.0 Å². The normalized spacial score (nSPS) is 27.0. The van der Waals surface area contributed by atoms with Crippen LogP contribution in [-0.2, 0) is 38.2 Å². The van der Waals surface area contributed by atoms with E-state index in [1.807, 2.05) is 27.7 Å². The summed E-state index contributed by atoms with van der Waals surface area (Å²) >= 11 is 3.12. The molecule has 61 heavy (non-hydrogen) atoms. The van der Waals surface area contributed by atoms with Crippen LogP contribution in [0.1, 0.15) is 115 Å². The summed E-state index contributed by atoms with van der Waals surface area (Å²) in [6, 6.07) is -5.40. The van der Waals surface area contributed by atoms with E-state index < -0.39 is 88.2 Å². The molecule has 0 unspecified atom stereocenters. The molecule has 7 amide bonds. The molecule has 0 saturated carbocycles. The van der Waals surface area contributed by atoms with Gasteiger partial charge in [-0.05, 0) is 103 Å². The topological polar surface area (TPSA) is 204 Å². The van der Waals surface area contributed by atoms with Crippen LogP contribution < -0.4 is 16.0 Å². The number of likely N-dealkylation sites (N-methyl/N-ethyl adjacent to an activating group) is 2. The van der Waals surface area contributed by atoms with Gasteiger partial charge in [-0.2, -0.15) is 0 Å². The van der Waals surface area contributed by atoms with Gasteiger partial charge in [0, 0.05) is 27.1 Å². The number of ether oxygens (including phenoxy) is 2. The lowest BCUT2D eigenvalue weighted by molar-refractivity contribution is -0.144. The highest BCUT2D eigenvalue weighted by Crippen LogP contribution is 2.48. The van der Waals surface area contributed by atoms with Gasteiger partial charge in [-0.25, -0.2) is 9.59 Å². The average molecular weight is 896 g/mol. The summed E-state index contributed by atoms with van der Waals surface area (Å²) in [4.78, 5) is 114. The van der Waals surface area contributed by atoms with Gasteiger partial charge >= 0.3 is 12.2 Å². The Morgan fingerprint density at radius 2 is 1.08 bits per heavy atom. The molecule has 4 aliphatic rings. The third kappa shape index (κ3) is 11.8. The molecule has 344 valence electrons. The number of carbonyl (C=O) groups excluding carboxylic acids is 8. The number of nitrogens with zero attached hydrogens (tertiary/aromatic N) is 4. The molecule has 4 rings (SSSR count). The van der Waals surface area contributed by atoms with Gasteiger partial charge in [0.05, 0.1) is 16.8 Å². The summed E-state index contributed by atoms with van der Waals surface area (Å²) in [6.45, 7) is 21.2. The fraction of sp³-hybridized carbons (Fsp3) is 0.810. The van der Waals surface area contributed by atoms with Crippen molar-refractivity contribution in [2.24, 2.45) is 10.8 Å². The van der Waals surface area contributed by atoms with Crippen LogP contribution in [0.4, 0.5) is 9.59 Å². The molecular formula is C42H69N7O10S2. The van der Waals surface area contributed by atoms with Gasteiger partial charge in [-0.3, -0.25) is 38.6 Å². The second-order valence-corrected chi connectivity index (χ2v) is 22.6. The first kappa shape index (κ1) is 49.9. The van der Waals surface area contributed by atoms with Crippen molar-refractivity contribution in [2.75, 3.05) is 32.1 Å². The fourth-order valence-corrected chi connectivity index (χ4v) is 11.4. The van der Waals surface area contributed by atoms with Crippen molar-refractivity contribution in [2.45, 2.75) is 173 Å². The lowest BCUT2D eigenvalue weighted by Crippen LogP contribution is -2.58. The number of carbonyl (C=O) groups is 8. The number of fused-ring (bicyclic) bond motifs is 2. The van der Waals surface area contributed by atoms with Crippen molar-refractivity contribution in [1.82, 2.24) is 35.6 Å². The van der Waals surface area contributed by atoms with Crippen LogP contribution in [0.5, 0.6) is 0 Å².